The molecule has 2 aromatic rings. The minimum Gasteiger partial charge on any atom is -0.382 e. The molecule has 1 aromatic heterocycles. The van der Waals surface area contributed by atoms with Crippen LogP contribution in [-0.2, 0) is 10.0 Å². The average molecular weight is 327 g/mol. The minimum absolute atomic E-state index is 0.00453. The highest BCUT2D eigenvalue weighted by molar-refractivity contribution is 7.92. The number of rotatable bonds is 3. The van der Waals surface area contributed by atoms with E-state index in [0.29, 0.717) is 0 Å². The first-order chi connectivity index (χ1) is 9.83. The lowest BCUT2D eigenvalue weighted by molar-refractivity contribution is 0.600. The summed E-state index contributed by atoms with van der Waals surface area (Å²) in [5.41, 5.74) is 5.21. The molecule has 1 heterocycles. The Kier molecular flexibility index (Phi) is 3.97. The van der Waals surface area contributed by atoms with Gasteiger partial charge in [0.2, 0.25) is 0 Å². The monoisotopic (exact) mass is 326 g/mol. The number of halogens is 2. The van der Waals surface area contributed by atoms with Crippen LogP contribution < -0.4 is 10.5 Å². The van der Waals surface area contributed by atoms with Crippen LogP contribution >= 0.6 is 11.6 Å². The summed E-state index contributed by atoms with van der Waals surface area (Å²) in [7, 11) is -4.02. The highest BCUT2D eigenvalue weighted by atomic mass is 35.5. The summed E-state index contributed by atoms with van der Waals surface area (Å²) < 4.78 is 39.5. The van der Waals surface area contributed by atoms with Crippen LogP contribution in [0.25, 0.3) is 0 Å². The van der Waals surface area contributed by atoms with Crippen molar-refractivity contribution in [2.24, 2.45) is 0 Å². The molecule has 2 rings (SSSR count). The third-order valence-electron chi connectivity index (χ3n) is 2.50. The Bertz CT molecular complexity index is 849. The quantitative estimate of drug-likeness (QED) is 0.898. The third kappa shape index (κ3) is 3.21. The molecular formula is C12H8ClFN4O2S. The number of benzene rings is 1. The number of nitrogen functional groups attached to an aromatic ring is 1. The number of pyridine rings is 1. The summed E-state index contributed by atoms with van der Waals surface area (Å²) in [4.78, 5) is 3.42. The van der Waals surface area contributed by atoms with Crippen LogP contribution in [0.15, 0.2) is 35.4 Å². The molecule has 9 heteroatoms. The first kappa shape index (κ1) is 15.0. The van der Waals surface area contributed by atoms with E-state index in [1.165, 1.54) is 0 Å². The number of sulfonamides is 1. The summed E-state index contributed by atoms with van der Waals surface area (Å²) in [6.45, 7) is 0. The SMILES string of the molecule is N#Cc1cc(F)ccc1NS(=O)(=O)c1cnc(N)c(Cl)c1. The molecule has 108 valence electrons. The van der Waals surface area contributed by atoms with Gasteiger partial charge in [-0.15, -0.1) is 0 Å². The predicted molar refractivity (Wildman–Crippen MR) is 75.6 cm³/mol. The Balaban J connectivity index is 2.42. The molecule has 0 spiro atoms. The summed E-state index contributed by atoms with van der Waals surface area (Å²) in [6, 6.07) is 5.94. The number of nitriles is 1. The third-order valence-corrected chi connectivity index (χ3v) is 4.14. The van der Waals surface area contributed by atoms with Crippen LogP contribution in [0.2, 0.25) is 5.02 Å². The van der Waals surface area contributed by atoms with E-state index in [2.05, 4.69) is 9.71 Å². The molecule has 0 aliphatic heterocycles. The van der Waals surface area contributed by atoms with E-state index in [0.717, 1.165) is 30.5 Å². The van der Waals surface area contributed by atoms with Crippen LogP contribution in [0.3, 0.4) is 0 Å². The fraction of sp³-hybridized carbons (Fsp3) is 0. The summed E-state index contributed by atoms with van der Waals surface area (Å²) in [5.74, 6) is -0.651. The Morgan fingerprint density at radius 3 is 2.71 bits per heavy atom. The van der Waals surface area contributed by atoms with Crippen LogP contribution in [0.4, 0.5) is 15.9 Å². The summed E-state index contributed by atoms with van der Waals surface area (Å²) in [6.07, 6.45) is 1.03. The van der Waals surface area contributed by atoms with E-state index in [-0.39, 0.29) is 27.0 Å². The highest BCUT2D eigenvalue weighted by Gasteiger charge is 2.18. The van der Waals surface area contributed by atoms with E-state index >= 15 is 0 Å². The van der Waals surface area contributed by atoms with Gasteiger partial charge in [0, 0.05) is 6.20 Å². The van der Waals surface area contributed by atoms with Crippen molar-refractivity contribution >= 4 is 33.1 Å². The molecule has 0 saturated heterocycles. The maximum atomic E-state index is 13.0. The molecule has 0 bridgehead atoms. The van der Waals surface area contributed by atoms with Crippen molar-refractivity contribution in [3.05, 3.63) is 46.9 Å². The Morgan fingerprint density at radius 1 is 1.38 bits per heavy atom. The Labute approximate surface area is 125 Å². The van der Waals surface area contributed by atoms with E-state index < -0.39 is 15.8 Å². The lowest BCUT2D eigenvalue weighted by atomic mass is 10.2. The van der Waals surface area contributed by atoms with Crippen LogP contribution in [0.1, 0.15) is 5.56 Å². The van der Waals surface area contributed by atoms with Crippen molar-refractivity contribution in [2.45, 2.75) is 4.90 Å². The largest absolute Gasteiger partial charge is 0.382 e. The molecule has 0 aliphatic carbocycles. The molecule has 0 aliphatic rings. The molecule has 0 unspecified atom stereocenters. The lowest BCUT2D eigenvalue weighted by Gasteiger charge is -2.10. The van der Waals surface area contributed by atoms with Gasteiger partial charge < -0.3 is 5.73 Å². The van der Waals surface area contributed by atoms with Crippen molar-refractivity contribution in [3.63, 3.8) is 0 Å². The zero-order valence-electron chi connectivity index (χ0n) is 10.3. The smallest absolute Gasteiger partial charge is 0.263 e. The van der Waals surface area contributed by atoms with Gasteiger partial charge in [-0.2, -0.15) is 5.26 Å². The molecule has 0 fully saturated rings. The molecule has 0 saturated carbocycles. The lowest BCUT2D eigenvalue weighted by Crippen LogP contribution is -2.14. The van der Waals surface area contributed by atoms with Gasteiger partial charge in [0.05, 0.1) is 16.3 Å². The van der Waals surface area contributed by atoms with Crippen LogP contribution in [0, 0.1) is 17.1 Å². The fourth-order valence-electron chi connectivity index (χ4n) is 1.48. The predicted octanol–water partition coefficient (Wildman–Crippen LogP) is 2.13. The number of nitrogens with zero attached hydrogens (tertiary/aromatic N) is 2. The zero-order chi connectivity index (χ0) is 15.6. The van der Waals surface area contributed by atoms with Gasteiger partial charge in [-0.1, -0.05) is 11.6 Å². The second-order valence-corrected chi connectivity index (χ2v) is 6.03. The van der Waals surface area contributed by atoms with Gasteiger partial charge in [0.25, 0.3) is 10.0 Å². The molecule has 0 amide bonds. The van der Waals surface area contributed by atoms with Gasteiger partial charge in [-0.3, -0.25) is 4.72 Å². The van der Waals surface area contributed by atoms with Crippen LogP contribution in [-0.4, -0.2) is 13.4 Å². The zero-order valence-corrected chi connectivity index (χ0v) is 11.9. The molecule has 21 heavy (non-hydrogen) atoms. The van der Waals surface area contributed by atoms with E-state index in [1.807, 2.05) is 0 Å². The van der Waals surface area contributed by atoms with Gasteiger partial charge in [0.15, 0.2) is 0 Å². The van der Waals surface area contributed by atoms with Crippen molar-refractivity contribution in [1.29, 1.82) is 5.26 Å². The van der Waals surface area contributed by atoms with Crippen molar-refractivity contribution in [2.75, 3.05) is 10.5 Å². The second kappa shape index (κ2) is 5.55. The molecule has 3 N–H and O–H groups in total. The van der Waals surface area contributed by atoms with E-state index in [9.17, 15) is 12.8 Å². The van der Waals surface area contributed by atoms with Crippen molar-refractivity contribution in [3.8, 4) is 6.07 Å². The fourth-order valence-corrected chi connectivity index (χ4v) is 2.76. The van der Waals surface area contributed by atoms with Crippen molar-refractivity contribution < 1.29 is 12.8 Å². The Hall–Kier alpha value is -2.37. The van der Waals surface area contributed by atoms with E-state index in [4.69, 9.17) is 22.6 Å². The van der Waals surface area contributed by atoms with Gasteiger partial charge >= 0.3 is 0 Å². The molecular weight excluding hydrogens is 319 g/mol. The number of nitrogens with one attached hydrogen (secondary N) is 1. The highest BCUT2D eigenvalue weighted by Crippen LogP contribution is 2.23. The average Bonchev–Trinajstić information content (AvgIpc) is 2.43. The van der Waals surface area contributed by atoms with E-state index in [1.54, 1.807) is 6.07 Å². The molecule has 1 aromatic carbocycles. The summed E-state index contributed by atoms with van der Waals surface area (Å²) >= 11 is 5.72. The molecule has 0 atom stereocenters. The molecule has 0 radical (unpaired) electrons. The number of nitrogens with two attached hydrogens (primary N) is 1. The topological polar surface area (TPSA) is 109 Å². The van der Waals surface area contributed by atoms with Gasteiger partial charge in [0.1, 0.15) is 22.6 Å². The maximum Gasteiger partial charge on any atom is 0.263 e. The first-order valence-corrected chi connectivity index (χ1v) is 7.33. The van der Waals surface area contributed by atoms with Gasteiger partial charge in [-0.05, 0) is 24.3 Å². The number of hydrogen-bond acceptors (Lipinski definition) is 5. The standard InChI is InChI=1S/C12H8ClFN4O2S/c13-10-4-9(6-17-12(10)16)21(19,20)18-11-2-1-8(14)3-7(11)5-15/h1-4,6,18H,(H2,16,17). The van der Waals surface area contributed by atoms with Crippen molar-refractivity contribution in [1.82, 2.24) is 4.98 Å². The van der Waals surface area contributed by atoms with Gasteiger partial charge in [-0.25, -0.2) is 17.8 Å². The Morgan fingerprint density at radius 2 is 2.10 bits per heavy atom. The number of anilines is 2. The maximum absolute atomic E-state index is 13.0. The normalized spacial score (nSPS) is 10.9. The van der Waals surface area contributed by atoms with Crippen LogP contribution in [0.5, 0.6) is 0 Å². The minimum atomic E-state index is -4.02. The first-order valence-electron chi connectivity index (χ1n) is 5.47. The summed E-state index contributed by atoms with van der Waals surface area (Å²) in [5, 5.41) is 8.87. The number of aromatic nitrogens is 1. The second-order valence-electron chi connectivity index (χ2n) is 3.95. The molecule has 6 nitrogen and oxygen atoms in total. The number of hydrogen-bond donors (Lipinski definition) is 2.